The molecule has 0 aliphatic carbocycles. The second-order valence-electron chi connectivity index (χ2n) is 4.93. The standard InChI is InChI=1S/C16H15N5O3/c1-10-7-8-23-13(10)14(22)24-9-12-19-15(17)21-16(20-12)18-11-5-3-2-4-6-11/h2-8H,9H2,1H3,(H3,17,18,19,20,21). The summed E-state index contributed by atoms with van der Waals surface area (Å²) in [6.45, 7) is 1.61. The number of hydrogen-bond donors (Lipinski definition) is 2. The molecule has 3 aromatic rings. The first-order valence-electron chi connectivity index (χ1n) is 7.15. The predicted molar refractivity (Wildman–Crippen MR) is 86.5 cm³/mol. The fraction of sp³-hybridized carbons (Fsp3) is 0.125. The molecular weight excluding hydrogens is 310 g/mol. The van der Waals surface area contributed by atoms with Crippen LogP contribution < -0.4 is 11.1 Å². The summed E-state index contributed by atoms with van der Waals surface area (Å²) in [6.07, 6.45) is 1.43. The first-order chi connectivity index (χ1) is 11.6. The average Bonchev–Trinajstić information content (AvgIpc) is 2.99. The fourth-order valence-corrected chi connectivity index (χ4v) is 1.99. The summed E-state index contributed by atoms with van der Waals surface area (Å²) in [7, 11) is 0. The number of nitrogen functional groups attached to an aromatic ring is 1. The van der Waals surface area contributed by atoms with Crippen molar-refractivity contribution in [2.75, 3.05) is 11.1 Å². The summed E-state index contributed by atoms with van der Waals surface area (Å²) in [5, 5.41) is 3.01. The Labute approximate surface area is 137 Å². The van der Waals surface area contributed by atoms with E-state index < -0.39 is 5.97 Å². The van der Waals surface area contributed by atoms with Crippen molar-refractivity contribution in [3.05, 3.63) is 59.8 Å². The highest BCUT2D eigenvalue weighted by Gasteiger charge is 2.15. The predicted octanol–water partition coefficient (Wildman–Crippen LogP) is 2.46. The zero-order chi connectivity index (χ0) is 16.9. The minimum atomic E-state index is -0.589. The molecule has 1 aromatic carbocycles. The number of nitrogens with two attached hydrogens (primary N) is 1. The highest BCUT2D eigenvalue weighted by atomic mass is 16.5. The molecular formula is C16H15N5O3. The third-order valence-corrected chi connectivity index (χ3v) is 3.11. The van der Waals surface area contributed by atoms with E-state index in [1.165, 1.54) is 6.26 Å². The Morgan fingerprint density at radius 2 is 2.00 bits per heavy atom. The van der Waals surface area contributed by atoms with Crippen molar-refractivity contribution < 1.29 is 13.9 Å². The number of nitrogens with zero attached hydrogens (tertiary/aromatic N) is 3. The van der Waals surface area contributed by atoms with Gasteiger partial charge in [0.15, 0.2) is 12.4 Å². The summed E-state index contributed by atoms with van der Waals surface area (Å²) in [4.78, 5) is 24.1. The van der Waals surface area contributed by atoms with E-state index in [0.29, 0.717) is 5.56 Å². The van der Waals surface area contributed by atoms with Crippen molar-refractivity contribution in [1.82, 2.24) is 15.0 Å². The minimum absolute atomic E-state index is 0.0312. The number of rotatable bonds is 5. The van der Waals surface area contributed by atoms with Crippen LogP contribution in [0.4, 0.5) is 17.6 Å². The van der Waals surface area contributed by atoms with Crippen molar-refractivity contribution in [2.45, 2.75) is 13.5 Å². The molecule has 3 rings (SSSR count). The summed E-state index contributed by atoms with van der Waals surface area (Å²) < 4.78 is 10.2. The van der Waals surface area contributed by atoms with Gasteiger partial charge >= 0.3 is 5.97 Å². The number of ether oxygens (including phenoxy) is 1. The average molecular weight is 325 g/mol. The molecule has 8 heteroatoms. The first kappa shape index (κ1) is 15.5. The van der Waals surface area contributed by atoms with Crippen LogP contribution >= 0.6 is 0 Å². The summed E-state index contributed by atoms with van der Waals surface area (Å²) in [6, 6.07) is 11.1. The Hall–Kier alpha value is -3.42. The van der Waals surface area contributed by atoms with Gasteiger partial charge in [0.25, 0.3) is 0 Å². The van der Waals surface area contributed by atoms with E-state index >= 15 is 0 Å². The number of carbonyl (C=O) groups excluding carboxylic acids is 1. The van der Waals surface area contributed by atoms with E-state index in [0.717, 1.165) is 5.69 Å². The van der Waals surface area contributed by atoms with Crippen LogP contribution in [0.15, 0.2) is 47.1 Å². The summed E-state index contributed by atoms with van der Waals surface area (Å²) in [5.41, 5.74) is 7.18. The lowest BCUT2D eigenvalue weighted by Gasteiger charge is -2.07. The lowest BCUT2D eigenvalue weighted by Crippen LogP contribution is -2.11. The number of furan rings is 1. The smallest absolute Gasteiger partial charge is 0.374 e. The molecule has 0 spiro atoms. The minimum Gasteiger partial charge on any atom is -0.457 e. The molecule has 0 amide bonds. The summed E-state index contributed by atoms with van der Waals surface area (Å²) >= 11 is 0. The van der Waals surface area contributed by atoms with Gasteiger partial charge in [-0.25, -0.2) is 4.79 Å². The Bertz CT molecular complexity index is 848. The molecule has 2 heterocycles. The van der Waals surface area contributed by atoms with Gasteiger partial charge in [0.2, 0.25) is 17.7 Å². The van der Waals surface area contributed by atoms with Crippen molar-refractivity contribution in [2.24, 2.45) is 0 Å². The maximum absolute atomic E-state index is 11.9. The molecule has 3 N–H and O–H groups in total. The molecule has 0 aliphatic rings. The first-order valence-corrected chi connectivity index (χ1v) is 7.15. The number of para-hydroxylation sites is 1. The van der Waals surface area contributed by atoms with E-state index in [1.54, 1.807) is 13.0 Å². The summed E-state index contributed by atoms with van der Waals surface area (Å²) in [5.74, 6) is 0.102. The van der Waals surface area contributed by atoms with Crippen LogP contribution in [0, 0.1) is 6.92 Å². The van der Waals surface area contributed by atoms with Crippen LogP contribution in [0.2, 0.25) is 0 Å². The molecule has 0 bridgehead atoms. The molecule has 24 heavy (non-hydrogen) atoms. The molecule has 0 atom stereocenters. The maximum Gasteiger partial charge on any atom is 0.374 e. The SMILES string of the molecule is Cc1ccoc1C(=O)OCc1nc(N)nc(Nc2ccccc2)n1. The van der Waals surface area contributed by atoms with Crippen LogP contribution in [0.5, 0.6) is 0 Å². The van der Waals surface area contributed by atoms with Crippen molar-refractivity contribution in [3.63, 3.8) is 0 Å². The molecule has 0 unspecified atom stereocenters. The normalized spacial score (nSPS) is 10.4. The maximum atomic E-state index is 11.9. The molecule has 2 aromatic heterocycles. The number of nitrogens with one attached hydrogen (secondary N) is 1. The van der Waals surface area contributed by atoms with Crippen molar-refractivity contribution >= 4 is 23.6 Å². The van der Waals surface area contributed by atoms with Gasteiger partial charge in [-0.1, -0.05) is 18.2 Å². The zero-order valence-corrected chi connectivity index (χ0v) is 12.9. The van der Waals surface area contributed by atoms with Gasteiger partial charge in [-0.05, 0) is 25.1 Å². The Balaban J connectivity index is 1.70. The number of aromatic nitrogens is 3. The van der Waals surface area contributed by atoms with Crippen molar-refractivity contribution in [3.8, 4) is 0 Å². The van der Waals surface area contributed by atoms with E-state index in [4.69, 9.17) is 14.9 Å². The molecule has 0 aliphatic heterocycles. The molecule has 8 nitrogen and oxygen atoms in total. The molecule has 0 radical (unpaired) electrons. The lowest BCUT2D eigenvalue weighted by atomic mass is 10.3. The highest BCUT2D eigenvalue weighted by Crippen LogP contribution is 2.14. The zero-order valence-electron chi connectivity index (χ0n) is 12.9. The van der Waals surface area contributed by atoms with Crippen LogP contribution in [-0.2, 0) is 11.3 Å². The number of anilines is 3. The van der Waals surface area contributed by atoms with Gasteiger partial charge in [-0.15, -0.1) is 0 Å². The monoisotopic (exact) mass is 325 g/mol. The van der Waals surface area contributed by atoms with Gasteiger partial charge in [-0.2, -0.15) is 15.0 Å². The van der Waals surface area contributed by atoms with Crippen LogP contribution in [0.3, 0.4) is 0 Å². The van der Waals surface area contributed by atoms with E-state index in [1.807, 2.05) is 30.3 Å². The number of aryl methyl sites for hydroxylation is 1. The van der Waals surface area contributed by atoms with E-state index in [-0.39, 0.29) is 30.1 Å². The number of carbonyl (C=O) groups is 1. The lowest BCUT2D eigenvalue weighted by molar-refractivity contribution is 0.0424. The van der Waals surface area contributed by atoms with Crippen LogP contribution in [0.25, 0.3) is 0 Å². The Morgan fingerprint density at radius 3 is 2.71 bits per heavy atom. The second kappa shape index (κ2) is 6.78. The largest absolute Gasteiger partial charge is 0.457 e. The number of hydrogen-bond acceptors (Lipinski definition) is 8. The Morgan fingerprint density at radius 1 is 1.21 bits per heavy atom. The second-order valence-corrected chi connectivity index (χ2v) is 4.93. The molecule has 0 saturated carbocycles. The molecule has 122 valence electrons. The highest BCUT2D eigenvalue weighted by molar-refractivity contribution is 5.87. The third-order valence-electron chi connectivity index (χ3n) is 3.11. The van der Waals surface area contributed by atoms with Crippen molar-refractivity contribution in [1.29, 1.82) is 0 Å². The molecule has 0 fully saturated rings. The molecule has 0 saturated heterocycles. The van der Waals surface area contributed by atoms with Gasteiger partial charge in [0.05, 0.1) is 6.26 Å². The van der Waals surface area contributed by atoms with E-state index in [2.05, 4.69) is 20.3 Å². The van der Waals surface area contributed by atoms with Gasteiger partial charge in [-0.3, -0.25) is 0 Å². The van der Waals surface area contributed by atoms with Gasteiger partial charge in [0.1, 0.15) is 0 Å². The number of benzene rings is 1. The van der Waals surface area contributed by atoms with Crippen LogP contribution in [0.1, 0.15) is 21.9 Å². The Kier molecular flexibility index (Phi) is 4.37. The topological polar surface area (TPSA) is 116 Å². The quantitative estimate of drug-likeness (QED) is 0.687. The van der Waals surface area contributed by atoms with Gasteiger partial charge < -0.3 is 20.2 Å². The number of esters is 1. The fourth-order valence-electron chi connectivity index (χ4n) is 1.99. The van der Waals surface area contributed by atoms with Gasteiger partial charge in [0, 0.05) is 11.3 Å². The van der Waals surface area contributed by atoms with Crippen LogP contribution in [-0.4, -0.2) is 20.9 Å². The third kappa shape index (κ3) is 3.67. The van der Waals surface area contributed by atoms with E-state index in [9.17, 15) is 4.79 Å².